The number of nitrogens with one attached hydrogen (secondary N) is 2. The van der Waals surface area contributed by atoms with Crippen molar-refractivity contribution in [3.8, 4) is 17.2 Å². The fourth-order valence-corrected chi connectivity index (χ4v) is 2.54. The summed E-state index contributed by atoms with van der Waals surface area (Å²) < 4.78 is 15.7. The Hall–Kier alpha value is -2.60. The first-order valence-electron chi connectivity index (χ1n) is 7.63. The van der Waals surface area contributed by atoms with E-state index in [-0.39, 0.29) is 12.5 Å². The van der Waals surface area contributed by atoms with Gasteiger partial charge in [-0.2, -0.15) is 0 Å². The fraction of sp³-hybridized carbons (Fsp3) is 0.278. The monoisotopic (exact) mass is 364 g/mol. The molecule has 0 aliphatic rings. The first-order chi connectivity index (χ1) is 12.1. The molecule has 2 rings (SSSR count). The molecule has 0 unspecified atom stereocenters. The van der Waals surface area contributed by atoms with Crippen molar-refractivity contribution >= 4 is 23.2 Å². The zero-order valence-electron chi connectivity index (χ0n) is 14.4. The van der Waals surface area contributed by atoms with Gasteiger partial charge < -0.3 is 24.8 Å². The molecule has 0 saturated heterocycles. The van der Waals surface area contributed by atoms with Gasteiger partial charge in [0, 0.05) is 6.54 Å². The summed E-state index contributed by atoms with van der Waals surface area (Å²) in [6.45, 7) is 0.484. The van der Waals surface area contributed by atoms with Crippen LogP contribution < -0.4 is 24.8 Å². The van der Waals surface area contributed by atoms with Gasteiger partial charge >= 0.3 is 0 Å². The molecule has 0 aliphatic heterocycles. The highest BCUT2D eigenvalue weighted by Crippen LogP contribution is 2.32. The van der Waals surface area contributed by atoms with E-state index in [1.807, 2.05) is 12.1 Å². The largest absolute Gasteiger partial charge is 0.493 e. The van der Waals surface area contributed by atoms with E-state index in [1.54, 1.807) is 38.5 Å². The highest BCUT2D eigenvalue weighted by atomic mass is 35.5. The Morgan fingerprint density at radius 3 is 2.48 bits per heavy atom. The first kappa shape index (κ1) is 18.7. The molecule has 0 spiro atoms. The predicted molar refractivity (Wildman–Crippen MR) is 97.9 cm³/mol. The summed E-state index contributed by atoms with van der Waals surface area (Å²) in [7, 11) is 4.68. The second-order valence-electron chi connectivity index (χ2n) is 5.14. The van der Waals surface area contributed by atoms with E-state index in [1.165, 1.54) is 7.11 Å². The Labute approximate surface area is 152 Å². The molecule has 2 N–H and O–H groups in total. The van der Waals surface area contributed by atoms with Gasteiger partial charge in [0.15, 0.2) is 17.2 Å². The zero-order chi connectivity index (χ0) is 18.2. The molecule has 6 nitrogen and oxygen atoms in total. The van der Waals surface area contributed by atoms with Crippen LogP contribution in [-0.4, -0.2) is 33.8 Å². The molecule has 0 radical (unpaired) electrons. The number of ether oxygens (including phenoxy) is 3. The maximum atomic E-state index is 12.0. The molecule has 1 amide bonds. The number of amides is 1. The number of anilines is 1. The SMILES string of the molecule is COc1ccc(CNC(=O)CNc2cccc(Cl)c2OC)cc1OC. The van der Waals surface area contributed by atoms with Crippen LogP contribution in [0.15, 0.2) is 36.4 Å². The molecule has 0 aliphatic carbocycles. The third-order valence-electron chi connectivity index (χ3n) is 3.55. The first-order valence-corrected chi connectivity index (χ1v) is 8.00. The summed E-state index contributed by atoms with van der Waals surface area (Å²) in [4.78, 5) is 12.0. The van der Waals surface area contributed by atoms with E-state index in [9.17, 15) is 4.79 Å². The number of rotatable bonds is 8. The average molecular weight is 365 g/mol. The molecule has 25 heavy (non-hydrogen) atoms. The number of halogens is 1. The Balaban J connectivity index is 1.90. The predicted octanol–water partition coefficient (Wildman–Crippen LogP) is 3.09. The highest BCUT2D eigenvalue weighted by Gasteiger charge is 2.09. The van der Waals surface area contributed by atoms with Crippen molar-refractivity contribution < 1.29 is 19.0 Å². The normalized spacial score (nSPS) is 10.1. The van der Waals surface area contributed by atoms with Gasteiger partial charge in [0.1, 0.15) is 0 Å². The third kappa shape index (κ3) is 4.93. The van der Waals surface area contributed by atoms with Gasteiger partial charge in [-0.15, -0.1) is 0 Å². The van der Waals surface area contributed by atoms with Crippen molar-refractivity contribution in [2.45, 2.75) is 6.54 Å². The molecule has 0 aromatic heterocycles. The Kier molecular flexibility index (Phi) is 6.77. The van der Waals surface area contributed by atoms with E-state index in [4.69, 9.17) is 25.8 Å². The zero-order valence-corrected chi connectivity index (χ0v) is 15.1. The van der Waals surface area contributed by atoms with Crippen LogP contribution in [0.3, 0.4) is 0 Å². The number of hydrogen-bond acceptors (Lipinski definition) is 5. The van der Waals surface area contributed by atoms with Crippen LogP contribution in [0.25, 0.3) is 0 Å². The number of carbonyl (C=O) groups excluding carboxylic acids is 1. The van der Waals surface area contributed by atoms with Gasteiger partial charge in [-0.1, -0.05) is 23.7 Å². The molecular weight excluding hydrogens is 344 g/mol. The van der Waals surface area contributed by atoms with Crippen molar-refractivity contribution in [3.63, 3.8) is 0 Å². The Morgan fingerprint density at radius 2 is 1.80 bits per heavy atom. The lowest BCUT2D eigenvalue weighted by atomic mass is 10.2. The van der Waals surface area contributed by atoms with Crippen molar-refractivity contribution in [2.75, 3.05) is 33.2 Å². The lowest BCUT2D eigenvalue weighted by molar-refractivity contribution is -0.119. The summed E-state index contributed by atoms with van der Waals surface area (Å²) in [6.07, 6.45) is 0. The lowest BCUT2D eigenvalue weighted by Gasteiger charge is -2.13. The second-order valence-corrected chi connectivity index (χ2v) is 5.55. The Bertz CT molecular complexity index is 737. The highest BCUT2D eigenvalue weighted by molar-refractivity contribution is 6.32. The van der Waals surface area contributed by atoms with Crippen LogP contribution in [0.5, 0.6) is 17.2 Å². The van der Waals surface area contributed by atoms with Crippen LogP contribution in [-0.2, 0) is 11.3 Å². The topological polar surface area (TPSA) is 68.8 Å². The number of hydrogen-bond donors (Lipinski definition) is 2. The molecular formula is C18H21ClN2O4. The molecule has 7 heteroatoms. The van der Waals surface area contributed by atoms with Gasteiger partial charge in [-0.25, -0.2) is 0 Å². The molecule has 0 saturated carbocycles. The molecule has 0 fully saturated rings. The van der Waals surface area contributed by atoms with E-state index >= 15 is 0 Å². The summed E-state index contributed by atoms with van der Waals surface area (Å²) in [6, 6.07) is 10.8. The maximum Gasteiger partial charge on any atom is 0.239 e. The maximum absolute atomic E-state index is 12.0. The molecule has 2 aromatic rings. The smallest absolute Gasteiger partial charge is 0.239 e. The van der Waals surface area contributed by atoms with Gasteiger partial charge in [-0.05, 0) is 29.8 Å². The van der Waals surface area contributed by atoms with E-state index in [0.717, 1.165) is 5.56 Å². The average Bonchev–Trinajstić information content (AvgIpc) is 2.64. The number of carbonyl (C=O) groups is 1. The molecule has 0 atom stereocenters. The fourth-order valence-electron chi connectivity index (χ4n) is 2.28. The molecule has 2 aromatic carbocycles. The summed E-state index contributed by atoms with van der Waals surface area (Å²) >= 11 is 6.05. The molecule has 134 valence electrons. The van der Waals surface area contributed by atoms with Crippen LogP contribution in [0.2, 0.25) is 5.02 Å². The summed E-state index contributed by atoms with van der Waals surface area (Å²) in [5.41, 5.74) is 1.57. The number of benzene rings is 2. The molecule has 0 heterocycles. The minimum absolute atomic E-state index is 0.101. The lowest BCUT2D eigenvalue weighted by Crippen LogP contribution is -2.29. The quantitative estimate of drug-likeness (QED) is 0.753. The van der Waals surface area contributed by atoms with E-state index in [0.29, 0.717) is 34.5 Å². The van der Waals surface area contributed by atoms with Crippen molar-refractivity contribution in [1.29, 1.82) is 0 Å². The number of methoxy groups -OCH3 is 3. The van der Waals surface area contributed by atoms with Gasteiger partial charge in [0.25, 0.3) is 0 Å². The summed E-state index contributed by atoms with van der Waals surface area (Å²) in [5.74, 6) is 1.62. The number of para-hydroxylation sites is 1. The third-order valence-corrected chi connectivity index (χ3v) is 3.85. The second kappa shape index (κ2) is 9.03. The van der Waals surface area contributed by atoms with E-state index < -0.39 is 0 Å². The standard InChI is InChI=1S/C18H21ClN2O4/c1-23-15-8-7-12(9-16(15)24-2)10-21-17(22)11-20-14-6-4-5-13(19)18(14)25-3/h4-9,20H,10-11H2,1-3H3,(H,21,22). The minimum Gasteiger partial charge on any atom is -0.493 e. The van der Waals surface area contributed by atoms with Crippen LogP contribution in [0.1, 0.15) is 5.56 Å². The van der Waals surface area contributed by atoms with Crippen molar-refractivity contribution in [3.05, 3.63) is 47.0 Å². The van der Waals surface area contributed by atoms with E-state index in [2.05, 4.69) is 10.6 Å². The summed E-state index contributed by atoms with van der Waals surface area (Å²) in [5, 5.41) is 6.34. The minimum atomic E-state index is -0.156. The van der Waals surface area contributed by atoms with Crippen LogP contribution in [0.4, 0.5) is 5.69 Å². The van der Waals surface area contributed by atoms with Crippen LogP contribution >= 0.6 is 11.6 Å². The van der Waals surface area contributed by atoms with Crippen molar-refractivity contribution in [2.24, 2.45) is 0 Å². The van der Waals surface area contributed by atoms with Gasteiger partial charge in [0.2, 0.25) is 5.91 Å². The van der Waals surface area contributed by atoms with Gasteiger partial charge in [0.05, 0.1) is 38.6 Å². The van der Waals surface area contributed by atoms with Gasteiger partial charge in [-0.3, -0.25) is 4.79 Å². The Morgan fingerprint density at radius 1 is 1.04 bits per heavy atom. The van der Waals surface area contributed by atoms with Crippen LogP contribution in [0, 0.1) is 0 Å². The molecule has 0 bridgehead atoms. The van der Waals surface area contributed by atoms with Crippen molar-refractivity contribution in [1.82, 2.24) is 5.32 Å².